The molecule has 0 saturated heterocycles. The topological polar surface area (TPSA) is 0 Å². The Labute approximate surface area is 104 Å². The molecule has 5 heavy (non-hydrogen) atoms. The predicted octanol–water partition coefficient (Wildman–Crippen LogP) is -1.15. The van der Waals surface area contributed by atoms with E-state index in [9.17, 15) is 0 Å². The summed E-state index contributed by atoms with van der Waals surface area (Å²) in [5.74, 6) is 0. The molecule has 0 aromatic carbocycles. The van der Waals surface area contributed by atoms with Crippen LogP contribution in [-0.4, -0.2) is 69.2 Å². The molecule has 0 atom stereocenters. The normalized spacial score (nSPS) is 0. The molecule has 0 aromatic heterocycles. The standard InChI is InChI=1S/B.Ca.Cu.Mg.Zn. The fraction of sp³-hybridized carbons (Fsp3) is 0. The second-order valence-electron chi connectivity index (χ2n) is 0. The molecule has 0 bridgehead atoms. The van der Waals surface area contributed by atoms with Crippen LogP contribution in [0.4, 0.5) is 0 Å². The van der Waals surface area contributed by atoms with Gasteiger partial charge in [0.25, 0.3) is 0 Å². The predicted molar refractivity (Wildman–Crippen MR) is 17.3 cm³/mol. The van der Waals surface area contributed by atoms with E-state index in [1.54, 1.807) is 0 Å². The molecule has 8 radical (unpaired) electrons. The Kier molecular flexibility index (Phi) is 222. The van der Waals surface area contributed by atoms with Gasteiger partial charge < -0.3 is 0 Å². The zero-order chi connectivity index (χ0) is 0. The Hall–Kier alpha value is 3.23. The van der Waals surface area contributed by atoms with Gasteiger partial charge in [-0.2, -0.15) is 0 Å². The van der Waals surface area contributed by atoms with E-state index in [1.165, 1.54) is 0 Å². The summed E-state index contributed by atoms with van der Waals surface area (Å²) >= 11 is 0. The zero-order valence-corrected chi connectivity index (χ0v) is 10.5. The fourth-order valence-electron chi connectivity index (χ4n) is 0. The third kappa shape index (κ3) is 18.9. The van der Waals surface area contributed by atoms with Crippen LogP contribution in [0.15, 0.2) is 0 Å². The van der Waals surface area contributed by atoms with E-state index in [0.717, 1.165) is 0 Å². The maximum Gasteiger partial charge on any atom is 0 e. The summed E-state index contributed by atoms with van der Waals surface area (Å²) in [5.41, 5.74) is 0. The Morgan fingerprint density at radius 3 is 1.00 bits per heavy atom. The zero-order valence-electron chi connectivity index (χ0n) is 3.00. The smallest absolute Gasteiger partial charge is 0 e. The molecule has 0 heterocycles. The molecule has 0 aliphatic heterocycles. The average Bonchev–Trinajstić information content (AvgIpc) is 0. The second-order valence-corrected chi connectivity index (χ2v) is 0. The van der Waals surface area contributed by atoms with Crippen LogP contribution in [0.25, 0.3) is 0 Å². The average molecular weight is 204 g/mol. The fourth-order valence-corrected chi connectivity index (χ4v) is 0. The molecule has 0 fully saturated rings. The first-order valence-electron chi connectivity index (χ1n) is 0. The minimum atomic E-state index is 0. The largest absolute Gasteiger partial charge is 0 e. The molecular weight excluding hydrogens is 204 g/mol. The third-order valence-electron chi connectivity index (χ3n) is 0. The molecule has 0 rings (SSSR count). The van der Waals surface area contributed by atoms with Gasteiger partial charge in [0.1, 0.15) is 0 Å². The molecule has 0 spiro atoms. The van der Waals surface area contributed by atoms with E-state index in [1.807, 2.05) is 0 Å². The van der Waals surface area contributed by atoms with Crippen molar-refractivity contribution in [1.82, 2.24) is 0 Å². The van der Waals surface area contributed by atoms with Gasteiger partial charge in [0.05, 0.1) is 0 Å². The van der Waals surface area contributed by atoms with E-state index >= 15 is 0 Å². The molecule has 0 unspecified atom stereocenters. The third-order valence-corrected chi connectivity index (χ3v) is 0. The van der Waals surface area contributed by atoms with Crippen LogP contribution in [0.3, 0.4) is 0 Å². The minimum absolute atomic E-state index is 0. The quantitative estimate of drug-likeness (QED) is 0.437. The molecule has 0 aliphatic rings. The van der Waals surface area contributed by atoms with Crippen molar-refractivity contribution in [1.29, 1.82) is 0 Å². The second kappa shape index (κ2) is 26.9. The SMILES string of the molecule is [B].[Ca].[Cu].[Mg].[Zn]. The van der Waals surface area contributed by atoms with Gasteiger partial charge in [0, 0.05) is 106 Å². The molecule has 5 heteroatoms. The van der Waals surface area contributed by atoms with Crippen LogP contribution in [0.2, 0.25) is 0 Å². The van der Waals surface area contributed by atoms with Gasteiger partial charge in [-0.25, -0.2) is 0 Å². The van der Waals surface area contributed by atoms with Gasteiger partial charge >= 0.3 is 0 Å². The first kappa shape index (κ1) is 41.2. The summed E-state index contributed by atoms with van der Waals surface area (Å²) in [6.07, 6.45) is 0. The van der Waals surface area contributed by atoms with Gasteiger partial charge in [0.2, 0.25) is 0 Å². The molecule has 0 aliphatic carbocycles. The summed E-state index contributed by atoms with van der Waals surface area (Å²) in [5, 5.41) is 0. The molecule has 20 valence electrons. The summed E-state index contributed by atoms with van der Waals surface area (Å²) in [6, 6.07) is 0. The molecular formula is BCaCuMgZn. The van der Waals surface area contributed by atoms with Crippen molar-refractivity contribution in [2.45, 2.75) is 0 Å². The van der Waals surface area contributed by atoms with Gasteiger partial charge in [-0.15, -0.1) is 0 Å². The van der Waals surface area contributed by atoms with Crippen LogP contribution in [-0.2, 0) is 36.5 Å². The Balaban J connectivity index is 0. The van der Waals surface area contributed by atoms with Gasteiger partial charge in [-0.1, -0.05) is 0 Å². The Bertz CT molecular complexity index is 11.6. The van der Waals surface area contributed by atoms with Crippen LogP contribution < -0.4 is 0 Å². The Morgan fingerprint density at radius 2 is 1.00 bits per heavy atom. The van der Waals surface area contributed by atoms with Crippen molar-refractivity contribution in [3.05, 3.63) is 0 Å². The molecule has 0 aromatic rings. The number of hydrogen-bond donors (Lipinski definition) is 0. The Morgan fingerprint density at radius 1 is 1.00 bits per heavy atom. The molecule has 0 N–H and O–H groups in total. The summed E-state index contributed by atoms with van der Waals surface area (Å²) < 4.78 is 0. The summed E-state index contributed by atoms with van der Waals surface area (Å²) in [4.78, 5) is 0. The van der Waals surface area contributed by atoms with Crippen molar-refractivity contribution in [3.63, 3.8) is 0 Å². The number of hydrogen-bond acceptors (Lipinski definition) is 0. The van der Waals surface area contributed by atoms with Crippen molar-refractivity contribution >= 4 is 69.2 Å². The van der Waals surface area contributed by atoms with Gasteiger partial charge in [-0.05, 0) is 0 Å². The first-order valence-corrected chi connectivity index (χ1v) is 0. The molecule has 0 amide bonds. The van der Waals surface area contributed by atoms with E-state index in [-0.39, 0.29) is 106 Å². The maximum atomic E-state index is 0. The van der Waals surface area contributed by atoms with Crippen molar-refractivity contribution in [2.24, 2.45) is 0 Å². The van der Waals surface area contributed by atoms with Crippen molar-refractivity contribution in [2.75, 3.05) is 0 Å². The van der Waals surface area contributed by atoms with Crippen LogP contribution in [0.1, 0.15) is 0 Å². The number of rotatable bonds is 0. The van der Waals surface area contributed by atoms with E-state index in [0.29, 0.717) is 0 Å². The summed E-state index contributed by atoms with van der Waals surface area (Å²) in [7, 11) is 0. The molecule has 0 nitrogen and oxygen atoms in total. The summed E-state index contributed by atoms with van der Waals surface area (Å²) in [6.45, 7) is 0. The van der Waals surface area contributed by atoms with Crippen LogP contribution >= 0.6 is 0 Å². The molecule has 0 saturated carbocycles. The van der Waals surface area contributed by atoms with Gasteiger partial charge in [-0.3, -0.25) is 0 Å². The van der Waals surface area contributed by atoms with E-state index < -0.39 is 0 Å². The maximum absolute atomic E-state index is 0. The van der Waals surface area contributed by atoms with Crippen LogP contribution in [0.5, 0.6) is 0 Å². The van der Waals surface area contributed by atoms with Crippen molar-refractivity contribution < 1.29 is 36.5 Å². The van der Waals surface area contributed by atoms with Crippen LogP contribution in [0, 0.1) is 0 Å². The van der Waals surface area contributed by atoms with E-state index in [4.69, 9.17) is 0 Å². The monoisotopic (exact) mass is 202 g/mol. The first-order chi connectivity index (χ1) is 0. The minimum Gasteiger partial charge on any atom is 0 e. The van der Waals surface area contributed by atoms with Gasteiger partial charge in [0.15, 0.2) is 0 Å². The van der Waals surface area contributed by atoms with E-state index in [2.05, 4.69) is 0 Å². The van der Waals surface area contributed by atoms with Crippen molar-refractivity contribution in [3.8, 4) is 0 Å².